The summed E-state index contributed by atoms with van der Waals surface area (Å²) in [6.07, 6.45) is 1.66. The number of carbonyl (C=O) groups is 3. The molecule has 0 bridgehead atoms. The van der Waals surface area contributed by atoms with Gasteiger partial charge in [-0.3, -0.25) is 9.59 Å². The van der Waals surface area contributed by atoms with Gasteiger partial charge in [-0.2, -0.15) is 0 Å². The van der Waals surface area contributed by atoms with E-state index in [0.29, 0.717) is 16.3 Å². The average molecular weight is 502 g/mol. The van der Waals surface area contributed by atoms with Gasteiger partial charge in [0.1, 0.15) is 23.9 Å². The van der Waals surface area contributed by atoms with E-state index < -0.39 is 29.6 Å². The topological polar surface area (TPSA) is 108 Å². The number of hydrogen-bond acceptors (Lipinski definition) is 5. The molecule has 1 saturated carbocycles. The number of nitrogens with one attached hydrogen (secondary N) is 2. The van der Waals surface area contributed by atoms with Gasteiger partial charge in [-0.1, -0.05) is 35.9 Å². The molecule has 3 N–H and O–H groups in total. The fourth-order valence-electron chi connectivity index (χ4n) is 3.89. The van der Waals surface area contributed by atoms with Gasteiger partial charge in [-0.05, 0) is 76.3 Å². The van der Waals surface area contributed by atoms with E-state index in [-0.39, 0.29) is 18.3 Å². The Kier molecular flexibility index (Phi) is 8.27. The van der Waals surface area contributed by atoms with Crippen molar-refractivity contribution in [2.75, 3.05) is 11.9 Å². The molecule has 2 aromatic carbocycles. The van der Waals surface area contributed by atoms with Crippen molar-refractivity contribution in [3.8, 4) is 5.75 Å². The van der Waals surface area contributed by atoms with E-state index in [4.69, 9.17) is 16.3 Å². The lowest BCUT2D eigenvalue weighted by atomic mass is 9.88. The number of aryl methyl sites for hydroxylation is 1. The second-order valence-electron chi connectivity index (χ2n) is 9.66. The predicted octanol–water partition coefficient (Wildman–Crippen LogP) is 4.94. The van der Waals surface area contributed by atoms with Crippen molar-refractivity contribution in [3.63, 3.8) is 0 Å². The number of phenolic OH excluding ortho intramolecular Hbond substituents is 1. The quantitative estimate of drug-likeness (QED) is 0.498. The lowest BCUT2D eigenvalue weighted by molar-refractivity contribution is -0.143. The van der Waals surface area contributed by atoms with Crippen LogP contribution in [-0.2, 0) is 14.3 Å². The van der Waals surface area contributed by atoms with Crippen molar-refractivity contribution < 1.29 is 24.2 Å². The molecule has 0 aliphatic heterocycles. The maximum Gasteiger partial charge on any atom is 0.408 e. The van der Waals surface area contributed by atoms with Crippen LogP contribution in [0.15, 0.2) is 42.5 Å². The van der Waals surface area contributed by atoms with Crippen LogP contribution in [0.1, 0.15) is 57.2 Å². The first kappa shape index (κ1) is 26.3. The molecular weight excluding hydrogens is 470 g/mol. The van der Waals surface area contributed by atoms with Crippen LogP contribution in [0, 0.1) is 6.92 Å². The fraction of sp³-hybridized carbons (Fsp3) is 0.423. The maximum atomic E-state index is 13.7. The van der Waals surface area contributed by atoms with Crippen molar-refractivity contribution in [1.29, 1.82) is 0 Å². The summed E-state index contributed by atoms with van der Waals surface area (Å²) in [7, 11) is 0. The predicted molar refractivity (Wildman–Crippen MR) is 134 cm³/mol. The van der Waals surface area contributed by atoms with Gasteiger partial charge in [0, 0.05) is 6.04 Å². The van der Waals surface area contributed by atoms with Crippen LogP contribution in [0.3, 0.4) is 0 Å². The molecule has 3 rings (SSSR count). The van der Waals surface area contributed by atoms with Gasteiger partial charge >= 0.3 is 6.09 Å². The second-order valence-corrected chi connectivity index (χ2v) is 10.1. The lowest BCUT2D eigenvalue weighted by Crippen LogP contribution is -2.53. The van der Waals surface area contributed by atoms with Crippen LogP contribution in [0.4, 0.5) is 10.5 Å². The van der Waals surface area contributed by atoms with Gasteiger partial charge in [-0.25, -0.2) is 4.79 Å². The van der Waals surface area contributed by atoms with Crippen molar-refractivity contribution in [2.24, 2.45) is 0 Å². The number of hydrogen-bond donors (Lipinski definition) is 3. The highest BCUT2D eigenvalue weighted by molar-refractivity contribution is 6.34. The molecule has 0 spiro atoms. The third-order valence-electron chi connectivity index (χ3n) is 5.72. The number of phenols is 1. The summed E-state index contributed by atoms with van der Waals surface area (Å²) in [5.41, 5.74) is 0.966. The van der Waals surface area contributed by atoms with Crippen LogP contribution in [0.25, 0.3) is 0 Å². The Hall–Kier alpha value is -3.26. The van der Waals surface area contributed by atoms with Crippen LogP contribution in [0.5, 0.6) is 5.75 Å². The van der Waals surface area contributed by atoms with Gasteiger partial charge in [0.15, 0.2) is 0 Å². The van der Waals surface area contributed by atoms with Gasteiger partial charge in [-0.15, -0.1) is 0 Å². The minimum atomic E-state index is -1.05. The van der Waals surface area contributed by atoms with E-state index in [0.717, 1.165) is 24.8 Å². The fourth-order valence-corrected chi connectivity index (χ4v) is 4.16. The molecule has 0 saturated heterocycles. The highest BCUT2D eigenvalue weighted by Gasteiger charge is 2.39. The molecule has 1 fully saturated rings. The first-order chi connectivity index (χ1) is 16.5. The number of alkyl carbamates (subject to hydrolysis) is 1. The maximum absolute atomic E-state index is 13.7. The number of amides is 3. The standard InChI is InChI=1S/C26H32ClN3O5/c1-16-8-5-13-20(27)22(16)29-24(33)23(17-9-6-12-19(31)14-17)30(18-10-7-11-18)21(32)15-28-25(34)35-26(2,3)4/h5-6,8-9,12-14,18,23,31H,7,10-11,15H2,1-4H3,(H,28,34)(H,29,33). The molecule has 0 aromatic heterocycles. The van der Waals surface area contributed by atoms with E-state index in [1.54, 1.807) is 45.0 Å². The number of ether oxygens (including phenoxy) is 1. The van der Waals surface area contributed by atoms with Crippen molar-refractivity contribution >= 4 is 35.2 Å². The highest BCUT2D eigenvalue weighted by Crippen LogP contribution is 2.35. The minimum Gasteiger partial charge on any atom is -0.508 e. The summed E-state index contributed by atoms with van der Waals surface area (Å²) in [5, 5.41) is 15.8. The molecule has 0 radical (unpaired) electrons. The van der Waals surface area contributed by atoms with E-state index >= 15 is 0 Å². The monoisotopic (exact) mass is 501 g/mol. The van der Waals surface area contributed by atoms with Crippen LogP contribution >= 0.6 is 11.6 Å². The molecule has 188 valence electrons. The number of anilines is 1. The number of halogens is 1. The molecule has 2 aromatic rings. The van der Waals surface area contributed by atoms with Crippen LogP contribution in [0.2, 0.25) is 5.02 Å². The molecule has 0 heterocycles. The second kappa shape index (κ2) is 11.0. The van der Waals surface area contributed by atoms with E-state index in [2.05, 4.69) is 10.6 Å². The number of nitrogens with zero attached hydrogens (tertiary/aromatic N) is 1. The van der Waals surface area contributed by atoms with Gasteiger partial charge < -0.3 is 25.4 Å². The summed E-state index contributed by atoms with van der Waals surface area (Å²) >= 11 is 6.33. The summed E-state index contributed by atoms with van der Waals surface area (Å²) in [5.74, 6) is -0.925. The zero-order valence-electron chi connectivity index (χ0n) is 20.4. The Morgan fingerprint density at radius 1 is 1.17 bits per heavy atom. The third kappa shape index (κ3) is 6.88. The Labute approximate surface area is 210 Å². The van der Waals surface area contributed by atoms with E-state index in [1.165, 1.54) is 17.0 Å². The first-order valence-electron chi connectivity index (χ1n) is 11.6. The molecule has 1 unspecified atom stereocenters. The Morgan fingerprint density at radius 3 is 2.43 bits per heavy atom. The number of aromatic hydroxyl groups is 1. The van der Waals surface area contributed by atoms with Crippen molar-refractivity contribution in [3.05, 3.63) is 58.6 Å². The number of para-hydroxylation sites is 1. The SMILES string of the molecule is Cc1cccc(Cl)c1NC(=O)C(c1cccc(O)c1)N(C(=O)CNC(=O)OC(C)(C)C)C1CCC1. The van der Waals surface area contributed by atoms with Crippen molar-refractivity contribution in [2.45, 2.75) is 64.6 Å². The summed E-state index contributed by atoms with van der Waals surface area (Å²) in [6.45, 7) is 6.68. The van der Waals surface area contributed by atoms with Crippen LogP contribution in [-0.4, -0.2) is 46.1 Å². The Morgan fingerprint density at radius 2 is 1.86 bits per heavy atom. The largest absolute Gasteiger partial charge is 0.508 e. The van der Waals surface area contributed by atoms with Crippen LogP contribution < -0.4 is 10.6 Å². The number of rotatable bonds is 7. The number of benzene rings is 2. The van der Waals surface area contributed by atoms with Gasteiger partial charge in [0.05, 0.1) is 10.7 Å². The Bertz CT molecular complexity index is 1070. The zero-order chi connectivity index (χ0) is 25.8. The third-order valence-corrected chi connectivity index (χ3v) is 6.04. The van der Waals surface area contributed by atoms with Gasteiger partial charge in [0.25, 0.3) is 5.91 Å². The normalized spacial score (nSPS) is 14.4. The van der Waals surface area contributed by atoms with E-state index in [1.807, 2.05) is 13.0 Å². The molecule has 8 nitrogen and oxygen atoms in total. The molecule has 9 heteroatoms. The van der Waals surface area contributed by atoms with Crippen molar-refractivity contribution in [1.82, 2.24) is 10.2 Å². The number of carbonyl (C=O) groups excluding carboxylic acids is 3. The molecule has 1 atom stereocenters. The summed E-state index contributed by atoms with van der Waals surface area (Å²) in [4.78, 5) is 40.8. The lowest BCUT2D eigenvalue weighted by Gasteiger charge is -2.42. The average Bonchev–Trinajstić information content (AvgIpc) is 2.72. The highest BCUT2D eigenvalue weighted by atomic mass is 35.5. The zero-order valence-corrected chi connectivity index (χ0v) is 21.2. The summed E-state index contributed by atoms with van der Waals surface area (Å²) in [6, 6.07) is 10.3. The minimum absolute atomic E-state index is 0.0258. The first-order valence-corrected chi connectivity index (χ1v) is 12.0. The van der Waals surface area contributed by atoms with Gasteiger partial charge in [0.2, 0.25) is 5.91 Å². The molecule has 1 aliphatic carbocycles. The smallest absolute Gasteiger partial charge is 0.408 e. The molecule has 35 heavy (non-hydrogen) atoms. The molecular formula is C26H32ClN3O5. The Balaban J connectivity index is 1.93. The molecule has 3 amide bonds. The molecule has 1 aliphatic rings. The van der Waals surface area contributed by atoms with E-state index in [9.17, 15) is 19.5 Å². The summed E-state index contributed by atoms with van der Waals surface area (Å²) < 4.78 is 5.23.